The summed E-state index contributed by atoms with van der Waals surface area (Å²) in [4.78, 5) is 13.2. The zero-order valence-electron chi connectivity index (χ0n) is 12.6. The summed E-state index contributed by atoms with van der Waals surface area (Å²) in [5, 5.41) is 15.4. The summed E-state index contributed by atoms with van der Waals surface area (Å²) in [7, 11) is 0. The molecule has 1 atom stereocenters. The maximum absolute atomic E-state index is 11.9. The van der Waals surface area contributed by atoms with Crippen molar-refractivity contribution < 1.29 is 9.90 Å². The summed E-state index contributed by atoms with van der Waals surface area (Å²) in [5.41, 5.74) is -1.21. The number of rotatable bonds is 5. The average molecular weight is 316 g/mol. The predicted octanol–water partition coefficient (Wildman–Crippen LogP) is 3.74. The molecule has 0 spiro atoms. The van der Waals surface area contributed by atoms with Crippen LogP contribution in [0.3, 0.4) is 0 Å². The minimum Gasteiger partial charge on any atom is -0.480 e. The monoisotopic (exact) mass is 316 g/mol. The fourth-order valence-corrected chi connectivity index (χ4v) is 4.42. The molecule has 2 N–H and O–H groups in total. The number of aliphatic carboxylic acids is 1. The molecule has 0 bridgehead atoms. The quantitative estimate of drug-likeness (QED) is 0.870. The second-order valence-electron chi connectivity index (χ2n) is 6.31. The Morgan fingerprint density at radius 3 is 2.64 bits per heavy atom. The van der Waals surface area contributed by atoms with Crippen molar-refractivity contribution in [3.8, 4) is 0 Å². The molecule has 4 heteroatoms. The highest BCUT2D eigenvalue weighted by Crippen LogP contribution is 2.35. The van der Waals surface area contributed by atoms with E-state index in [-0.39, 0.29) is 5.54 Å². The fraction of sp³-hybridized carbons (Fsp3) is 0.444. The van der Waals surface area contributed by atoms with Gasteiger partial charge in [-0.1, -0.05) is 49.6 Å². The third kappa shape index (κ3) is 3.18. The molecule has 3 rings (SSSR count). The Hall–Kier alpha value is -1.39. The van der Waals surface area contributed by atoms with Crippen LogP contribution in [0.2, 0.25) is 0 Å². The average Bonchev–Trinajstić information content (AvgIpc) is 3.01. The van der Waals surface area contributed by atoms with Crippen molar-refractivity contribution in [2.24, 2.45) is 0 Å². The predicted molar refractivity (Wildman–Crippen MR) is 89.9 cm³/mol. The smallest absolute Gasteiger partial charge is 0.328 e. The maximum atomic E-state index is 11.9. The molecule has 1 saturated carbocycles. The van der Waals surface area contributed by atoms with Gasteiger partial charge in [0.15, 0.2) is 0 Å². The number of allylic oxidation sites excluding steroid dienone is 2. The summed E-state index contributed by atoms with van der Waals surface area (Å²) < 4.78 is 0. The van der Waals surface area contributed by atoms with Crippen LogP contribution in [0.4, 0.5) is 0 Å². The number of hydrogen-bond donors (Lipinski definition) is 2. The van der Waals surface area contributed by atoms with Gasteiger partial charge in [-0.25, -0.2) is 4.79 Å². The van der Waals surface area contributed by atoms with Crippen LogP contribution in [-0.4, -0.2) is 22.2 Å². The minimum atomic E-state index is -1.08. The van der Waals surface area contributed by atoms with E-state index < -0.39 is 11.5 Å². The number of carboxylic acid groups (broad SMARTS) is 1. The van der Waals surface area contributed by atoms with Crippen LogP contribution >= 0.6 is 11.3 Å². The van der Waals surface area contributed by atoms with Gasteiger partial charge in [-0.2, -0.15) is 0 Å². The van der Waals surface area contributed by atoms with Gasteiger partial charge in [-0.3, -0.25) is 5.32 Å². The number of hydrogen-bond acceptors (Lipinski definition) is 3. The van der Waals surface area contributed by atoms with Crippen molar-refractivity contribution in [3.05, 3.63) is 53.1 Å². The van der Waals surface area contributed by atoms with Crippen LogP contribution in [0, 0.1) is 6.42 Å². The maximum Gasteiger partial charge on any atom is 0.328 e. The first-order chi connectivity index (χ1) is 10.6. The molecule has 1 aromatic rings. The molecule has 1 unspecified atom stereocenters. The Labute approximate surface area is 135 Å². The Kier molecular flexibility index (Phi) is 4.50. The van der Waals surface area contributed by atoms with E-state index in [0.29, 0.717) is 0 Å². The molecule has 0 aromatic carbocycles. The first kappa shape index (κ1) is 15.5. The largest absolute Gasteiger partial charge is 0.480 e. The molecule has 1 radical (unpaired) electrons. The van der Waals surface area contributed by atoms with Crippen molar-refractivity contribution in [1.29, 1.82) is 0 Å². The number of thiophene rings is 1. The lowest BCUT2D eigenvalue weighted by atomic mass is 9.76. The molecule has 22 heavy (non-hydrogen) atoms. The van der Waals surface area contributed by atoms with Gasteiger partial charge in [0.05, 0.1) is 0 Å². The second kappa shape index (κ2) is 6.39. The second-order valence-corrected chi connectivity index (χ2v) is 7.34. The van der Waals surface area contributed by atoms with Crippen LogP contribution in [0.5, 0.6) is 0 Å². The Morgan fingerprint density at radius 1 is 1.23 bits per heavy atom. The van der Waals surface area contributed by atoms with E-state index in [0.717, 1.165) is 32.1 Å². The number of carbonyl (C=O) groups is 1. The van der Waals surface area contributed by atoms with Crippen molar-refractivity contribution in [2.75, 3.05) is 0 Å². The zero-order valence-corrected chi connectivity index (χ0v) is 13.4. The highest BCUT2D eigenvalue weighted by atomic mass is 32.1. The summed E-state index contributed by atoms with van der Waals surface area (Å²) in [6.45, 7) is 0. The molecule has 2 aliphatic rings. The van der Waals surface area contributed by atoms with Crippen LogP contribution < -0.4 is 5.32 Å². The van der Waals surface area contributed by atoms with E-state index in [9.17, 15) is 9.90 Å². The van der Waals surface area contributed by atoms with E-state index in [1.54, 1.807) is 23.8 Å². The lowest BCUT2D eigenvalue weighted by Gasteiger charge is -2.44. The molecule has 0 amide bonds. The molecule has 1 heterocycles. The Balaban J connectivity index is 1.87. The van der Waals surface area contributed by atoms with E-state index in [1.165, 1.54) is 11.3 Å². The number of carboxylic acids is 1. The Morgan fingerprint density at radius 2 is 2.05 bits per heavy atom. The Bertz CT molecular complexity index is 570. The van der Waals surface area contributed by atoms with E-state index in [4.69, 9.17) is 0 Å². The van der Waals surface area contributed by atoms with Gasteiger partial charge >= 0.3 is 5.97 Å². The number of nitrogens with one attached hydrogen (secondary N) is 1. The molecular weight excluding hydrogens is 294 g/mol. The highest BCUT2D eigenvalue weighted by Gasteiger charge is 2.44. The molecule has 1 fully saturated rings. The van der Waals surface area contributed by atoms with E-state index in [2.05, 4.69) is 22.8 Å². The normalized spacial score (nSPS) is 26.9. The van der Waals surface area contributed by atoms with Gasteiger partial charge in [0.25, 0.3) is 0 Å². The van der Waals surface area contributed by atoms with E-state index >= 15 is 0 Å². The van der Waals surface area contributed by atoms with Crippen LogP contribution in [0.15, 0.2) is 41.8 Å². The minimum absolute atomic E-state index is 0.131. The standard InChI is InChI=1S/C18H22NO2S/c20-16(21)18(11-5-2-6-12-18)19-17(9-3-1-4-10-17)14-15-8-7-13-22-15/h2,5-8,11-13,19H,1,3-4,9-10,14H2,(H,20,21). The molecule has 3 nitrogen and oxygen atoms in total. The summed E-state index contributed by atoms with van der Waals surface area (Å²) in [6, 6.07) is 4.22. The fourth-order valence-electron chi connectivity index (χ4n) is 3.57. The zero-order chi connectivity index (χ0) is 15.5. The van der Waals surface area contributed by atoms with Gasteiger partial charge in [0.1, 0.15) is 5.54 Å². The van der Waals surface area contributed by atoms with Gasteiger partial charge in [-0.15, -0.1) is 11.3 Å². The lowest BCUT2D eigenvalue weighted by Crippen LogP contribution is -2.63. The third-order valence-corrected chi connectivity index (χ3v) is 5.55. The SMILES string of the molecule is O=C(O)C1(NC2(Cc3cccs3)CCCCC2)[CH]C=CC=C1. The van der Waals surface area contributed by atoms with Crippen LogP contribution in [0.25, 0.3) is 0 Å². The van der Waals surface area contributed by atoms with Crippen LogP contribution in [-0.2, 0) is 11.2 Å². The summed E-state index contributed by atoms with van der Waals surface area (Å²) in [5.74, 6) is -0.829. The molecule has 117 valence electrons. The van der Waals surface area contributed by atoms with E-state index in [1.807, 2.05) is 18.2 Å². The van der Waals surface area contributed by atoms with Gasteiger partial charge in [0.2, 0.25) is 0 Å². The van der Waals surface area contributed by atoms with Crippen LogP contribution in [0.1, 0.15) is 37.0 Å². The first-order valence-electron chi connectivity index (χ1n) is 7.90. The third-order valence-electron chi connectivity index (χ3n) is 4.67. The van der Waals surface area contributed by atoms with Gasteiger partial charge in [0, 0.05) is 16.8 Å². The molecule has 0 saturated heterocycles. The van der Waals surface area contributed by atoms with Crippen molar-refractivity contribution in [3.63, 3.8) is 0 Å². The molecule has 2 aliphatic carbocycles. The lowest BCUT2D eigenvalue weighted by molar-refractivity contribution is -0.142. The van der Waals surface area contributed by atoms with Crippen molar-refractivity contribution in [1.82, 2.24) is 5.32 Å². The highest BCUT2D eigenvalue weighted by molar-refractivity contribution is 7.09. The van der Waals surface area contributed by atoms with Crippen molar-refractivity contribution >= 4 is 17.3 Å². The molecular formula is C18H22NO2S. The molecule has 0 aliphatic heterocycles. The molecule has 1 aromatic heterocycles. The summed E-state index contributed by atoms with van der Waals surface area (Å²) in [6.07, 6.45) is 15.6. The summed E-state index contributed by atoms with van der Waals surface area (Å²) >= 11 is 1.75. The van der Waals surface area contributed by atoms with Gasteiger partial charge in [-0.05, 0) is 30.7 Å². The van der Waals surface area contributed by atoms with Crippen molar-refractivity contribution in [2.45, 2.75) is 49.6 Å². The topological polar surface area (TPSA) is 49.3 Å². The first-order valence-corrected chi connectivity index (χ1v) is 8.78. The van der Waals surface area contributed by atoms with Gasteiger partial charge < -0.3 is 5.11 Å².